The first-order chi connectivity index (χ1) is 8.68. The third-order valence-electron chi connectivity index (χ3n) is 3.03. The molecule has 18 heavy (non-hydrogen) atoms. The van der Waals surface area contributed by atoms with Gasteiger partial charge in [0.05, 0.1) is 17.1 Å². The summed E-state index contributed by atoms with van der Waals surface area (Å²) in [6.45, 7) is 2.71. The van der Waals surface area contributed by atoms with E-state index in [2.05, 4.69) is 10.7 Å². The van der Waals surface area contributed by atoms with E-state index in [0.29, 0.717) is 6.54 Å². The number of hydrogen-bond donors (Lipinski definition) is 1. The molecule has 0 bridgehead atoms. The number of benzene rings is 1. The number of rotatable bonds is 0. The number of amides is 1. The molecule has 1 aromatic carbocycles. The number of nitrogens with zero attached hydrogens (tertiary/aromatic N) is 1. The van der Waals surface area contributed by atoms with Crippen LogP contribution in [0.5, 0.6) is 0 Å². The lowest BCUT2D eigenvalue weighted by molar-refractivity contribution is 0.266. The number of carbonyl (C=O) groups excluding carboxylic acids is 1. The molecule has 3 nitrogen and oxygen atoms in total. The number of nitrogens with one attached hydrogen (secondary N) is 1. The van der Waals surface area contributed by atoms with Crippen LogP contribution in [0.1, 0.15) is 10.4 Å². The van der Waals surface area contributed by atoms with Crippen molar-refractivity contribution in [2.45, 2.75) is 13.5 Å². The highest BCUT2D eigenvalue weighted by Crippen LogP contribution is 2.42. The molecule has 0 spiro atoms. The largest absolute Gasteiger partial charge is 0.379 e. The second-order valence-corrected chi connectivity index (χ2v) is 5.53. The Bertz CT molecular complexity index is 623. The number of halogens is 1. The van der Waals surface area contributed by atoms with Crippen LogP contribution in [0.2, 0.25) is 0 Å². The minimum Gasteiger partial charge on any atom is -0.379 e. The van der Waals surface area contributed by atoms with Crippen molar-refractivity contribution in [1.82, 2.24) is 0 Å². The molecule has 0 unspecified atom stereocenters. The van der Waals surface area contributed by atoms with E-state index in [9.17, 15) is 4.79 Å². The van der Waals surface area contributed by atoms with E-state index in [1.54, 1.807) is 16.2 Å². The standard InChI is InChI=1S/C13H11ClN2OS/c1-8-12-9(7-18-8)6-15-10-4-2-3-5-11(10)16(12)13(14)17/h2-5,7,15H,6H2,1H3. The van der Waals surface area contributed by atoms with Crippen LogP contribution in [-0.4, -0.2) is 5.37 Å². The topological polar surface area (TPSA) is 32.3 Å². The van der Waals surface area contributed by atoms with E-state index >= 15 is 0 Å². The lowest BCUT2D eigenvalue weighted by Gasteiger charge is -2.20. The highest BCUT2D eigenvalue weighted by Gasteiger charge is 2.26. The van der Waals surface area contributed by atoms with Crippen LogP contribution >= 0.6 is 22.9 Å². The van der Waals surface area contributed by atoms with Gasteiger partial charge in [-0.2, -0.15) is 0 Å². The Morgan fingerprint density at radius 2 is 2.22 bits per heavy atom. The summed E-state index contributed by atoms with van der Waals surface area (Å²) in [5.41, 5.74) is 3.74. The van der Waals surface area contributed by atoms with Gasteiger partial charge in [-0.05, 0) is 36.0 Å². The zero-order valence-corrected chi connectivity index (χ0v) is 11.3. The summed E-state index contributed by atoms with van der Waals surface area (Å²) in [5.74, 6) is 0. The Kier molecular flexibility index (Phi) is 2.76. The highest BCUT2D eigenvalue weighted by atomic mass is 35.5. The van der Waals surface area contributed by atoms with Crippen LogP contribution in [0.15, 0.2) is 29.6 Å². The monoisotopic (exact) mass is 278 g/mol. The third kappa shape index (κ3) is 1.69. The van der Waals surface area contributed by atoms with Crippen molar-refractivity contribution in [3.05, 3.63) is 40.1 Å². The molecule has 0 atom stereocenters. The summed E-state index contributed by atoms with van der Waals surface area (Å²) in [4.78, 5) is 14.5. The second kappa shape index (κ2) is 4.30. The van der Waals surface area contributed by atoms with Crippen LogP contribution in [0.25, 0.3) is 0 Å². The maximum absolute atomic E-state index is 11.8. The molecule has 1 N–H and O–H groups in total. The fourth-order valence-electron chi connectivity index (χ4n) is 2.24. The molecule has 0 saturated heterocycles. The van der Waals surface area contributed by atoms with E-state index in [4.69, 9.17) is 11.6 Å². The van der Waals surface area contributed by atoms with Crippen LogP contribution in [0.4, 0.5) is 21.9 Å². The van der Waals surface area contributed by atoms with Gasteiger partial charge in [-0.15, -0.1) is 11.3 Å². The first-order valence-corrected chi connectivity index (χ1v) is 6.83. The first-order valence-electron chi connectivity index (χ1n) is 5.58. The van der Waals surface area contributed by atoms with Gasteiger partial charge in [-0.1, -0.05) is 12.1 Å². The van der Waals surface area contributed by atoms with Gasteiger partial charge in [0.25, 0.3) is 0 Å². The van der Waals surface area contributed by atoms with Crippen molar-refractivity contribution in [2.75, 3.05) is 10.2 Å². The van der Waals surface area contributed by atoms with E-state index in [1.165, 1.54) is 0 Å². The Morgan fingerprint density at radius 1 is 1.44 bits per heavy atom. The molecule has 1 aliphatic rings. The number of anilines is 3. The van der Waals surface area contributed by atoms with Crippen molar-refractivity contribution in [1.29, 1.82) is 0 Å². The zero-order valence-electron chi connectivity index (χ0n) is 9.74. The van der Waals surface area contributed by atoms with Crippen molar-refractivity contribution in [3.8, 4) is 0 Å². The molecule has 0 aliphatic carbocycles. The normalized spacial score (nSPS) is 13.3. The van der Waals surface area contributed by atoms with Crippen LogP contribution < -0.4 is 10.2 Å². The Balaban J connectivity index is 2.27. The SMILES string of the molecule is Cc1scc2c1N(C(=O)Cl)c1ccccc1NC2. The molecule has 1 aliphatic heterocycles. The van der Waals surface area contributed by atoms with Crippen LogP contribution in [-0.2, 0) is 6.54 Å². The van der Waals surface area contributed by atoms with Gasteiger partial charge in [0.1, 0.15) is 0 Å². The second-order valence-electron chi connectivity index (χ2n) is 4.12. The molecule has 2 aromatic rings. The van der Waals surface area contributed by atoms with Gasteiger partial charge in [0.2, 0.25) is 0 Å². The molecule has 0 radical (unpaired) electrons. The number of carbonyl (C=O) groups is 1. The van der Waals surface area contributed by atoms with Crippen LogP contribution in [0, 0.1) is 6.92 Å². The molecule has 0 fully saturated rings. The summed E-state index contributed by atoms with van der Waals surface area (Å²) in [5, 5.41) is 4.92. The minimum atomic E-state index is -0.478. The number of hydrogen-bond acceptors (Lipinski definition) is 3. The molecule has 92 valence electrons. The average Bonchev–Trinajstić information content (AvgIpc) is 2.61. The quantitative estimate of drug-likeness (QED) is 0.569. The fraction of sp³-hybridized carbons (Fsp3) is 0.154. The predicted molar refractivity (Wildman–Crippen MR) is 76.2 cm³/mol. The fourth-order valence-corrected chi connectivity index (χ4v) is 3.26. The zero-order chi connectivity index (χ0) is 12.7. The third-order valence-corrected chi connectivity index (χ3v) is 4.15. The van der Waals surface area contributed by atoms with Gasteiger partial charge < -0.3 is 5.32 Å². The molecule has 1 aromatic heterocycles. The maximum Gasteiger partial charge on any atom is 0.325 e. The summed E-state index contributed by atoms with van der Waals surface area (Å²) in [6.07, 6.45) is 0. The van der Waals surface area contributed by atoms with E-state index < -0.39 is 5.37 Å². The van der Waals surface area contributed by atoms with Crippen molar-refractivity contribution < 1.29 is 4.79 Å². The summed E-state index contributed by atoms with van der Waals surface area (Å²) >= 11 is 7.41. The van der Waals surface area contributed by atoms with Gasteiger partial charge in [-0.25, -0.2) is 0 Å². The number of para-hydroxylation sites is 2. The highest BCUT2D eigenvalue weighted by molar-refractivity contribution is 7.10. The Morgan fingerprint density at radius 3 is 3.00 bits per heavy atom. The number of aryl methyl sites for hydroxylation is 1. The van der Waals surface area contributed by atoms with Gasteiger partial charge in [0, 0.05) is 17.0 Å². The van der Waals surface area contributed by atoms with Gasteiger partial charge in [0.15, 0.2) is 0 Å². The smallest absolute Gasteiger partial charge is 0.325 e. The molecular weight excluding hydrogens is 268 g/mol. The molecule has 0 saturated carbocycles. The molecular formula is C13H11ClN2OS. The van der Waals surface area contributed by atoms with E-state index in [1.807, 2.05) is 31.2 Å². The van der Waals surface area contributed by atoms with Crippen molar-refractivity contribution >= 4 is 45.4 Å². The van der Waals surface area contributed by atoms with Crippen molar-refractivity contribution in [2.24, 2.45) is 0 Å². The lowest BCUT2D eigenvalue weighted by atomic mass is 10.2. The Hall–Kier alpha value is -1.52. The van der Waals surface area contributed by atoms with E-state index in [0.717, 1.165) is 27.5 Å². The summed E-state index contributed by atoms with van der Waals surface area (Å²) < 4.78 is 0. The van der Waals surface area contributed by atoms with Gasteiger partial charge >= 0.3 is 5.37 Å². The predicted octanol–water partition coefficient (Wildman–Crippen LogP) is 4.48. The lowest BCUT2D eigenvalue weighted by Crippen LogP contribution is -2.20. The van der Waals surface area contributed by atoms with Crippen LogP contribution in [0.3, 0.4) is 0 Å². The summed E-state index contributed by atoms with van der Waals surface area (Å²) in [6, 6.07) is 7.69. The van der Waals surface area contributed by atoms with E-state index in [-0.39, 0.29) is 0 Å². The average molecular weight is 279 g/mol. The molecule has 1 amide bonds. The first kappa shape index (κ1) is 11.6. The van der Waals surface area contributed by atoms with Gasteiger partial charge in [-0.3, -0.25) is 9.69 Å². The maximum atomic E-state index is 11.8. The number of thiophene rings is 1. The summed E-state index contributed by atoms with van der Waals surface area (Å²) in [7, 11) is 0. The molecule has 2 heterocycles. The molecule has 3 rings (SSSR count). The minimum absolute atomic E-state index is 0.478. The Labute approximate surface area is 114 Å². The number of fused-ring (bicyclic) bond motifs is 2. The van der Waals surface area contributed by atoms with Crippen molar-refractivity contribution in [3.63, 3.8) is 0 Å². The molecule has 5 heteroatoms.